The van der Waals surface area contributed by atoms with E-state index >= 15 is 0 Å². The first-order valence-electron chi connectivity index (χ1n) is 4.85. The van der Waals surface area contributed by atoms with Gasteiger partial charge >= 0.3 is 0 Å². The Morgan fingerprint density at radius 1 is 1.67 bits per heavy atom. The highest BCUT2D eigenvalue weighted by Gasteiger charge is 2.20. The molecule has 0 aliphatic carbocycles. The number of nitrogens with zero attached hydrogens (tertiary/aromatic N) is 1. The number of fused-ring (bicyclic) bond motifs is 1. The van der Waals surface area contributed by atoms with E-state index in [4.69, 9.17) is 6.42 Å². The quantitative estimate of drug-likeness (QED) is 0.600. The summed E-state index contributed by atoms with van der Waals surface area (Å²) in [5.41, 5.74) is 2.21. The molecule has 0 aromatic carbocycles. The van der Waals surface area contributed by atoms with Crippen LogP contribution in [0.15, 0.2) is 0 Å². The Bertz CT molecular complexity index is 416. The monoisotopic (exact) mass is 204 g/mol. The van der Waals surface area contributed by atoms with Gasteiger partial charge in [0.2, 0.25) is 0 Å². The second kappa shape index (κ2) is 4.05. The van der Waals surface area contributed by atoms with Gasteiger partial charge in [0, 0.05) is 6.54 Å². The molecule has 0 radical (unpaired) electrons. The van der Waals surface area contributed by atoms with Crippen molar-refractivity contribution in [2.45, 2.75) is 12.8 Å². The summed E-state index contributed by atoms with van der Waals surface area (Å²) in [6.07, 6.45) is 7.04. The van der Waals surface area contributed by atoms with Crippen molar-refractivity contribution < 1.29 is 4.79 Å². The van der Waals surface area contributed by atoms with Gasteiger partial charge in [-0.1, -0.05) is 5.92 Å². The molecule has 0 bridgehead atoms. The van der Waals surface area contributed by atoms with Gasteiger partial charge in [-0.3, -0.25) is 9.89 Å². The first kappa shape index (κ1) is 9.59. The topological polar surface area (TPSA) is 69.8 Å². The summed E-state index contributed by atoms with van der Waals surface area (Å²) in [4.78, 5) is 11.6. The third-order valence-corrected chi connectivity index (χ3v) is 2.31. The minimum atomic E-state index is -0.236. The third-order valence-electron chi connectivity index (χ3n) is 2.31. The fraction of sp³-hybridized carbons (Fsp3) is 0.400. The number of amides is 1. The number of nitrogens with one attached hydrogen (secondary N) is 3. The zero-order valence-electron chi connectivity index (χ0n) is 8.26. The second-order valence-electron chi connectivity index (χ2n) is 3.34. The normalized spacial score (nSPS) is 13.5. The maximum Gasteiger partial charge on any atom is 0.274 e. The minimum absolute atomic E-state index is 0.223. The van der Waals surface area contributed by atoms with E-state index in [0.29, 0.717) is 5.69 Å². The molecule has 78 valence electrons. The lowest BCUT2D eigenvalue weighted by atomic mass is 10.1. The van der Waals surface area contributed by atoms with Crippen LogP contribution in [0.3, 0.4) is 0 Å². The number of aryl methyl sites for hydroxylation is 1. The third kappa shape index (κ3) is 1.79. The van der Waals surface area contributed by atoms with Crippen molar-refractivity contribution in [3.8, 4) is 12.3 Å². The van der Waals surface area contributed by atoms with Crippen LogP contribution >= 0.6 is 0 Å². The molecule has 3 N–H and O–H groups in total. The van der Waals surface area contributed by atoms with Gasteiger partial charge in [-0.25, -0.2) is 0 Å². The molecule has 0 unspecified atom stereocenters. The van der Waals surface area contributed by atoms with Gasteiger partial charge in [0.25, 0.3) is 5.91 Å². The highest BCUT2D eigenvalue weighted by atomic mass is 16.1. The highest BCUT2D eigenvalue weighted by molar-refractivity contribution is 5.98. The van der Waals surface area contributed by atoms with Crippen LogP contribution in [0.5, 0.6) is 0 Å². The van der Waals surface area contributed by atoms with Crippen molar-refractivity contribution in [1.29, 1.82) is 0 Å². The molecule has 0 spiro atoms. The molecule has 0 fully saturated rings. The highest BCUT2D eigenvalue weighted by Crippen LogP contribution is 2.22. The zero-order chi connectivity index (χ0) is 10.7. The predicted molar refractivity (Wildman–Crippen MR) is 56.6 cm³/mol. The zero-order valence-corrected chi connectivity index (χ0v) is 8.26. The van der Waals surface area contributed by atoms with Gasteiger partial charge in [-0.05, 0) is 12.8 Å². The number of hydrogen-bond acceptors (Lipinski definition) is 3. The van der Waals surface area contributed by atoms with E-state index in [-0.39, 0.29) is 12.5 Å². The molecule has 1 amide bonds. The number of carbonyl (C=O) groups excluding carboxylic acids is 1. The van der Waals surface area contributed by atoms with E-state index in [2.05, 4.69) is 26.8 Å². The number of aromatic nitrogens is 2. The Morgan fingerprint density at radius 2 is 2.53 bits per heavy atom. The maximum absolute atomic E-state index is 11.6. The molecule has 0 atom stereocenters. The molecule has 0 saturated heterocycles. The summed E-state index contributed by atoms with van der Waals surface area (Å²) in [5, 5.41) is 12.6. The molecule has 2 rings (SSSR count). The van der Waals surface area contributed by atoms with Crippen molar-refractivity contribution >= 4 is 11.6 Å². The maximum atomic E-state index is 11.6. The molecule has 5 nitrogen and oxygen atoms in total. The summed E-state index contributed by atoms with van der Waals surface area (Å²) < 4.78 is 0. The molecule has 15 heavy (non-hydrogen) atoms. The minimum Gasteiger partial charge on any atom is -0.382 e. The van der Waals surface area contributed by atoms with Crippen LogP contribution in [0.25, 0.3) is 0 Å². The number of H-pyrrole nitrogens is 1. The van der Waals surface area contributed by atoms with Crippen LogP contribution in [0.2, 0.25) is 0 Å². The average molecular weight is 204 g/mol. The van der Waals surface area contributed by atoms with Crippen LogP contribution in [0, 0.1) is 12.3 Å². The fourth-order valence-electron chi connectivity index (χ4n) is 1.61. The number of hydrogen-bond donors (Lipinski definition) is 3. The first-order chi connectivity index (χ1) is 7.33. The summed E-state index contributed by atoms with van der Waals surface area (Å²) in [6.45, 7) is 1.10. The Morgan fingerprint density at radius 3 is 3.33 bits per heavy atom. The molecule has 1 aromatic rings. The number of anilines is 1. The van der Waals surface area contributed by atoms with Crippen molar-refractivity contribution in [2.24, 2.45) is 0 Å². The average Bonchev–Trinajstić information content (AvgIpc) is 2.69. The first-order valence-corrected chi connectivity index (χ1v) is 4.85. The summed E-state index contributed by atoms with van der Waals surface area (Å²) >= 11 is 0. The van der Waals surface area contributed by atoms with Crippen molar-refractivity contribution in [3.05, 3.63) is 11.4 Å². The fourth-order valence-corrected chi connectivity index (χ4v) is 1.61. The number of aromatic amines is 1. The standard InChI is InChI=1S/C10H12N4O/c1-2-5-12-10(15)9-8-7(13-14-9)4-3-6-11-8/h1,11H,3-6H2,(H,12,15)(H,13,14). The number of carbonyl (C=O) groups is 1. The van der Waals surface area contributed by atoms with E-state index < -0.39 is 0 Å². The molecular weight excluding hydrogens is 192 g/mol. The van der Waals surface area contributed by atoms with Crippen molar-refractivity contribution in [3.63, 3.8) is 0 Å². The summed E-state index contributed by atoms with van der Waals surface area (Å²) in [5.74, 6) is 2.11. The van der Waals surface area contributed by atoms with E-state index in [1.165, 1.54) is 0 Å². The van der Waals surface area contributed by atoms with Gasteiger partial charge < -0.3 is 10.6 Å². The Labute approximate surface area is 87.6 Å². The van der Waals surface area contributed by atoms with E-state index in [1.54, 1.807) is 0 Å². The van der Waals surface area contributed by atoms with Gasteiger partial charge in [0.15, 0.2) is 5.69 Å². The van der Waals surface area contributed by atoms with Crippen LogP contribution in [0.1, 0.15) is 22.6 Å². The molecular formula is C10H12N4O. The molecule has 1 aromatic heterocycles. The van der Waals surface area contributed by atoms with E-state index in [1.807, 2.05) is 0 Å². The van der Waals surface area contributed by atoms with Gasteiger partial charge in [0.05, 0.1) is 17.9 Å². The van der Waals surface area contributed by atoms with Crippen LogP contribution < -0.4 is 10.6 Å². The molecule has 0 saturated carbocycles. The Kier molecular flexibility index (Phi) is 2.59. The van der Waals surface area contributed by atoms with Crippen LogP contribution in [-0.2, 0) is 6.42 Å². The second-order valence-corrected chi connectivity index (χ2v) is 3.34. The summed E-state index contributed by atoms with van der Waals surface area (Å²) in [7, 11) is 0. The van der Waals surface area contributed by atoms with E-state index in [9.17, 15) is 4.79 Å². The van der Waals surface area contributed by atoms with Crippen molar-refractivity contribution in [1.82, 2.24) is 15.5 Å². The molecule has 2 heterocycles. The summed E-state index contributed by atoms with van der Waals surface area (Å²) in [6, 6.07) is 0. The molecule has 1 aliphatic rings. The lowest BCUT2D eigenvalue weighted by Crippen LogP contribution is -2.25. The van der Waals surface area contributed by atoms with Crippen LogP contribution in [-0.4, -0.2) is 29.2 Å². The number of rotatable bonds is 2. The predicted octanol–water partition coefficient (Wildman–Crippen LogP) is 0.131. The van der Waals surface area contributed by atoms with Gasteiger partial charge in [-0.2, -0.15) is 5.10 Å². The SMILES string of the molecule is C#CCNC(=O)c1n[nH]c2c1NCCC2. The van der Waals surface area contributed by atoms with Gasteiger partial charge in [0.1, 0.15) is 0 Å². The van der Waals surface area contributed by atoms with Gasteiger partial charge in [-0.15, -0.1) is 6.42 Å². The molecule has 1 aliphatic heterocycles. The van der Waals surface area contributed by atoms with E-state index in [0.717, 1.165) is 30.8 Å². The largest absolute Gasteiger partial charge is 0.382 e. The Balaban J connectivity index is 2.18. The Hall–Kier alpha value is -1.96. The lowest BCUT2D eigenvalue weighted by Gasteiger charge is -2.13. The molecule has 5 heteroatoms. The van der Waals surface area contributed by atoms with Crippen molar-refractivity contribution in [2.75, 3.05) is 18.4 Å². The van der Waals surface area contributed by atoms with Crippen LogP contribution in [0.4, 0.5) is 5.69 Å². The smallest absolute Gasteiger partial charge is 0.274 e. The lowest BCUT2D eigenvalue weighted by molar-refractivity contribution is 0.0954. The number of terminal acetylenes is 1.